The summed E-state index contributed by atoms with van der Waals surface area (Å²) in [5.41, 5.74) is 4.46. The van der Waals surface area contributed by atoms with Crippen molar-refractivity contribution in [2.24, 2.45) is 0 Å². The molecule has 4 aromatic rings. The Kier molecular flexibility index (Phi) is 4.45. The first kappa shape index (κ1) is 17.7. The Morgan fingerprint density at radius 3 is 2.63 bits per heavy atom. The van der Waals surface area contributed by atoms with Crippen molar-refractivity contribution in [3.05, 3.63) is 54.2 Å². The number of thiazole rings is 1. The van der Waals surface area contributed by atoms with Crippen LogP contribution in [0.5, 0.6) is 0 Å². The van der Waals surface area contributed by atoms with E-state index in [4.69, 9.17) is 0 Å². The molecular weight excluding hydrogens is 380 g/mol. The number of anilines is 2. The summed E-state index contributed by atoms with van der Waals surface area (Å²) < 4.78 is 24.5. The van der Waals surface area contributed by atoms with Gasteiger partial charge in [-0.25, -0.2) is 18.4 Å². The van der Waals surface area contributed by atoms with Crippen LogP contribution < -0.4 is 5.32 Å². The highest BCUT2D eigenvalue weighted by atomic mass is 32.2. The summed E-state index contributed by atoms with van der Waals surface area (Å²) in [6, 6.07) is 12.8. The first-order chi connectivity index (χ1) is 12.9. The third-order valence-electron chi connectivity index (χ3n) is 4.28. The number of fused-ring (bicyclic) bond motifs is 1. The fraction of sp³-hybridized carbons (Fsp3) is 0.158. The quantitative estimate of drug-likeness (QED) is 0.512. The number of nitrogens with one attached hydrogen (secondary N) is 2. The van der Waals surface area contributed by atoms with E-state index in [1.54, 1.807) is 44.4 Å². The summed E-state index contributed by atoms with van der Waals surface area (Å²) in [4.78, 5) is 12.3. The molecule has 8 heteroatoms. The highest BCUT2D eigenvalue weighted by molar-refractivity contribution is 7.92. The Balaban J connectivity index is 1.55. The predicted octanol–water partition coefficient (Wildman–Crippen LogP) is 4.61. The van der Waals surface area contributed by atoms with E-state index in [9.17, 15) is 8.42 Å². The zero-order valence-corrected chi connectivity index (χ0v) is 16.4. The van der Waals surface area contributed by atoms with Gasteiger partial charge >= 0.3 is 0 Å². The van der Waals surface area contributed by atoms with Crippen molar-refractivity contribution in [3.8, 4) is 11.3 Å². The molecule has 0 bridgehead atoms. The van der Waals surface area contributed by atoms with Gasteiger partial charge in [-0.1, -0.05) is 12.1 Å². The SMILES string of the molecule is CC(C)S(=O)(=O)c1ccc(-c2csc(Nc3ccc4[nH]cnc4c3)n2)cc1. The number of aromatic amines is 1. The van der Waals surface area contributed by atoms with Crippen molar-refractivity contribution < 1.29 is 8.42 Å². The second-order valence-corrected chi connectivity index (χ2v) is 9.78. The summed E-state index contributed by atoms with van der Waals surface area (Å²) >= 11 is 1.49. The van der Waals surface area contributed by atoms with Gasteiger partial charge in [-0.2, -0.15) is 0 Å². The van der Waals surface area contributed by atoms with Gasteiger partial charge in [0.15, 0.2) is 15.0 Å². The van der Waals surface area contributed by atoms with Crippen LogP contribution in [0.1, 0.15) is 13.8 Å². The number of imidazole rings is 1. The Hall–Kier alpha value is -2.71. The molecule has 6 nitrogen and oxygen atoms in total. The van der Waals surface area contributed by atoms with Gasteiger partial charge in [-0.05, 0) is 44.2 Å². The Morgan fingerprint density at radius 2 is 1.89 bits per heavy atom. The molecule has 0 saturated carbocycles. The van der Waals surface area contributed by atoms with Crippen LogP contribution in [0.25, 0.3) is 22.3 Å². The average molecular weight is 399 g/mol. The molecule has 0 radical (unpaired) electrons. The fourth-order valence-electron chi connectivity index (χ4n) is 2.68. The molecule has 2 heterocycles. The van der Waals surface area contributed by atoms with Crippen LogP contribution in [0.4, 0.5) is 10.8 Å². The molecule has 2 N–H and O–H groups in total. The molecule has 0 fully saturated rings. The van der Waals surface area contributed by atoms with E-state index in [1.807, 2.05) is 23.6 Å². The van der Waals surface area contributed by atoms with Gasteiger partial charge in [0.25, 0.3) is 0 Å². The number of sulfone groups is 1. The van der Waals surface area contributed by atoms with E-state index in [-0.39, 0.29) is 0 Å². The number of hydrogen-bond acceptors (Lipinski definition) is 6. The molecule has 138 valence electrons. The number of H-pyrrole nitrogens is 1. The van der Waals surface area contributed by atoms with Crippen LogP contribution in [0.15, 0.2) is 59.1 Å². The van der Waals surface area contributed by atoms with Crippen LogP contribution >= 0.6 is 11.3 Å². The molecule has 4 rings (SSSR count). The van der Waals surface area contributed by atoms with Gasteiger partial charge in [0.1, 0.15) is 0 Å². The summed E-state index contributed by atoms with van der Waals surface area (Å²) in [7, 11) is -3.26. The lowest BCUT2D eigenvalue weighted by atomic mass is 10.2. The maximum atomic E-state index is 12.2. The number of nitrogens with zero attached hydrogens (tertiary/aromatic N) is 2. The Morgan fingerprint density at radius 1 is 1.11 bits per heavy atom. The van der Waals surface area contributed by atoms with Crippen LogP contribution in [0.3, 0.4) is 0 Å². The number of hydrogen-bond donors (Lipinski definition) is 2. The van der Waals surface area contributed by atoms with Gasteiger partial charge in [0.2, 0.25) is 0 Å². The molecule has 0 spiro atoms. The molecule has 27 heavy (non-hydrogen) atoms. The summed E-state index contributed by atoms with van der Waals surface area (Å²) in [6.45, 7) is 3.37. The topological polar surface area (TPSA) is 87.7 Å². The Bertz CT molecular complexity index is 1190. The number of aromatic nitrogens is 3. The predicted molar refractivity (Wildman–Crippen MR) is 109 cm³/mol. The average Bonchev–Trinajstić information content (AvgIpc) is 3.30. The molecule has 0 saturated heterocycles. The third-order valence-corrected chi connectivity index (χ3v) is 7.20. The first-order valence-corrected chi connectivity index (χ1v) is 10.9. The maximum Gasteiger partial charge on any atom is 0.187 e. The summed E-state index contributed by atoms with van der Waals surface area (Å²) in [6.07, 6.45) is 1.67. The maximum absolute atomic E-state index is 12.2. The first-order valence-electron chi connectivity index (χ1n) is 8.43. The van der Waals surface area contributed by atoms with E-state index in [2.05, 4.69) is 20.3 Å². The fourth-order valence-corrected chi connectivity index (χ4v) is 4.48. The second-order valence-electron chi connectivity index (χ2n) is 6.42. The smallest absolute Gasteiger partial charge is 0.187 e. The zero-order valence-electron chi connectivity index (χ0n) is 14.8. The summed E-state index contributed by atoms with van der Waals surface area (Å²) in [5.74, 6) is 0. The van der Waals surface area contributed by atoms with Crippen molar-refractivity contribution in [1.82, 2.24) is 15.0 Å². The summed E-state index contributed by atoms with van der Waals surface area (Å²) in [5, 5.41) is 5.55. The largest absolute Gasteiger partial charge is 0.345 e. The van der Waals surface area contributed by atoms with Crippen molar-refractivity contribution in [3.63, 3.8) is 0 Å². The number of rotatable bonds is 5. The van der Waals surface area contributed by atoms with Gasteiger partial charge in [0.05, 0.1) is 33.2 Å². The lowest BCUT2D eigenvalue weighted by Gasteiger charge is -2.08. The molecule has 0 aliphatic heterocycles. The highest BCUT2D eigenvalue weighted by Gasteiger charge is 2.19. The van der Waals surface area contributed by atoms with Gasteiger partial charge in [-0.3, -0.25) is 0 Å². The lowest BCUT2D eigenvalue weighted by Crippen LogP contribution is -2.13. The molecule has 0 unspecified atom stereocenters. The minimum Gasteiger partial charge on any atom is -0.345 e. The van der Waals surface area contributed by atoms with Crippen LogP contribution in [-0.2, 0) is 9.84 Å². The number of benzene rings is 2. The van der Waals surface area contributed by atoms with E-state index < -0.39 is 15.1 Å². The Labute approximate surface area is 161 Å². The molecule has 0 aliphatic rings. The van der Waals surface area contributed by atoms with Crippen molar-refractivity contribution in [2.75, 3.05) is 5.32 Å². The van der Waals surface area contributed by atoms with Crippen LogP contribution in [-0.4, -0.2) is 28.6 Å². The molecule has 2 aromatic heterocycles. The van der Waals surface area contributed by atoms with Gasteiger partial charge in [0, 0.05) is 16.6 Å². The van der Waals surface area contributed by atoms with E-state index in [1.165, 1.54) is 11.3 Å². The molecule has 0 aliphatic carbocycles. The monoisotopic (exact) mass is 398 g/mol. The molecular formula is C19H18N4O2S2. The highest BCUT2D eigenvalue weighted by Crippen LogP contribution is 2.29. The normalized spacial score (nSPS) is 12.0. The standard InChI is InChI=1S/C19H18N4O2S2/c1-12(2)27(24,25)15-6-3-13(4-7-15)18-10-26-19(23-18)22-14-5-8-16-17(9-14)21-11-20-16/h3-12H,1-2H3,(H,20,21)(H,22,23). The van der Waals surface area contributed by atoms with Gasteiger partial charge in [-0.15, -0.1) is 11.3 Å². The third kappa shape index (κ3) is 3.45. The molecule has 2 aromatic carbocycles. The molecule has 0 atom stereocenters. The van der Waals surface area contributed by atoms with Crippen molar-refractivity contribution in [1.29, 1.82) is 0 Å². The van der Waals surface area contributed by atoms with Crippen LogP contribution in [0.2, 0.25) is 0 Å². The van der Waals surface area contributed by atoms with E-state index in [0.29, 0.717) is 4.90 Å². The van der Waals surface area contributed by atoms with Crippen molar-refractivity contribution in [2.45, 2.75) is 24.0 Å². The van der Waals surface area contributed by atoms with Gasteiger partial charge < -0.3 is 10.3 Å². The minimum atomic E-state index is -3.26. The zero-order chi connectivity index (χ0) is 19.0. The second kappa shape index (κ2) is 6.79. The van der Waals surface area contributed by atoms with E-state index in [0.717, 1.165) is 33.1 Å². The van der Waals surface area contributed by atoms with E-state index >= 15 is 0 Å². The minimum absolute atomic E-state index is 0.335. The van der Waals surface area contributed by atoms with Crippen LogP contribution in [0, 0.1) is 0 Å². The van der Waals surface area contributed by atoms with Crippen molar-refractivity contribution >= 4 is 43.0 Å². The molecule has 0 amide bonds. The lowest BCUT2D eigenvalue weighted by molar-refractivity contribution is 0.587.